The molecule has 1 nitrogen and oxygen atoms in total. The van der Waals surface area contributed by atoms with E-state index in [0.29, 0.717) is 0 Å². The number of allylic oxidation sites excluding steroid dienone is 4. The normalized spacial score (nSPS) is 14.9. The Hall–Kier alpha value is -1.28. The van der Waals surface area contributed by atoms with E-state index in [1.807, 2.05) is 7.11 Å². The van der Waals surface area contributed by atoms with E-state index >= 15 is 0 Å². The lowest BCUT2D eigenvalue weighted by Gasteiger charge is -2.40. The van der Waals surface area contributed by atoms with Crippen molar-refractivity contribution in [3.8, 4) is 5.75 Å². The highest BCUT2D eigenvalue weighted by molar-refractivity contribution is 6.71. The number of ether oxygens (including phenoxy) is 1. The third kappa shape index (κ3) is 3.45. The Morgan fingerprint density at radius 3 is 2.12 bits per heavy atom. The first-order valence-electron chi connectivity index (χ1n) is 10.0. The maximum atomic E-state index is 6.18. The van der Waals surface area contributed by atoms with Crippen LogP contribution in [0.2, 0.25) is 13.1 Å². The van der Waals surface area contributed by atoms with Gasteiger partial charge in [0.25, 0.3) is 0 Å². The summed E-state index contributed by atoms with van der Waals surface area (Å²) < 4.78 is 6.18. The molecule has 0 saturated carbocycles. The zero-order valence-electron chi connectivity index (χ0n) is 18.3. The van der Waals surface area contributed by atoms with Crippen LogP contribution in [-0.4, -0.2) is 15.9 Å². The molecule has 0 N–H and O–H groups in total. The summed E-state index contributed by atoms with van der Waals surface area (Å²) in [4.78, 5) is 0. The first kappa shape index (κ1) is 21.0. The minimum atomic E-state index is -0.627. The molecular weight excluding hydrogens is 332 g/mol. The average Bonchev–Trinajstić information content (AvgIpc) is 3.10. The molecule has 1 aliphatic rings. The van der Waals surface area contributed by atoms with Crippen molar-refractivity contribution < 1.29 is 4.74 Å². The van der Waals surface area contributed by atoms with Crippen LogP contribution in [0.3, 0.4) is 0 Å². The number of rotatable bonds is 6. The lowest BCUT2D eigenvalue weighted by molar-refractivity contribution is 0.372. The molecule has 1 aliphatic carbocycles. The molecule has 0 saturated heterocycles. The fraction of sp³-hybridized carbons (Fsp3) is 0.583. The van der Waals surface area contributed by atoms with Crippen molar-refractivity contribution >= 4 is 14.0 Å². The molecule has 0 spiro atoms. The molecule has 143 valence electrons. The monoisotopic (exact) mass is 369 g/mol. The van der Waals surface area contributed by atoms with Crippen molar-refractivity contribution in [2.45, 2.75) is 84.7 Å². The Morgan fingerprint density at radius 1 is 1.12 bits per heavy atom. The van der Waals surface area contributed by atoms with Crippen LogP contribution >= 0.6 is 0 Å². The Balaban J connectivity index is 2.99. The van der Waals surface area contributed by atoms with Gasteiger partial charge >= 0.3 is 0 Å². The van der Waals surface area contributed by atoms with Crippen molar-refractivity contribution in [3.05, 3.63) is 46.6 Å². The van der Waals surface area contributed by atoms with Crippen LogP contribution in [0, 0.1) is 6.92 Å². The summed E-state index contributed by atoms with van der Waals surface area (Å²) in [7, 11) is 1.23. The molecule has 26 heavy (non-hydrogen) atoms. The molecule has 0 bridgehead atoms. The fourth-order valence-corrected chi connectivity index (χ4v) is 6.35. The van der Waals surface area contributed by atoms with Crippen molar-refractivity contribution in [2.24, 2.45) is 0 Å². The van der Waals surface area contributed by atoms with E-state index in [1.54, 1.807) is 5.19 Å². The third-order valence-electron chi connectivity index (χ3n) is 6.00. The summed E-state index contributed by atoms with van der Waals surface area (Å²) in [6.07, 6.45) is 10.3. The molecule has 0 fully saturated rings. The van der Waals surface area contributed by atoms with E-state index in [-0.39, 0.29) is 10.8 Å². The van der Waals surface area contributed by atoms with Gasteiger partial charge in [0.2, 0.25) is 0 Å². The van der Waals surface area contributed by atoms with E-state index in [4.69, 9.17) is 4.74 Å². The summed E-state index contributed by atoms with van der Waals surface area (Å²) in [6.45, 7) is 18.7. The van der Waals surface area contributed by atoms with Gasteiger partial charge in [0.05, 0.1) is 15.9 Å². The molecule has 0 atom stereocenters. The molecular formula is C24H37OSi. The van der Waals surface area contributed by atoms with Gasteiger partial charge < -0.3 is 4.74 Å². The highest BCUT2D eigenvalue weighted by Crippen LogP contribution is 2.47. The van der Waals surface area contributed by atoms with Crippen LogP contribution in [-0.2, 0) is 10.8 Å². The van der Waals surface area contributed by atoms with Crippen LogP contribution in [0.5, 0.6) is 5.75 Å². The zero-order chi connectivity index (χ0) is 19.7. The zero-order valence-corrected chi connectivity index (χ0v) is 19.3. The molecule has 0 aromatic heterocycles. The van der Waals surface area contributed by atoms with E-state index in [1.165, 1.54) is 22.3 Å². The quantitative estimate of drug-likeness (QED) is 0.542. The molecule has 0 heterocycles. The Morgan fingerprint density at radius 2 is 1.73 bits per heavy atom. The molecule has 1 aromatic carbocycles. The van der Waals surface area contributed by atoms with E-state index in [2.05, 4.69) is 78.9 Å². The Kier molecular flexibility index (Phi) is 6.27. The smallest absolute Gasteiger partial charge is 0.126 e. The number of methoxy groups -OCH3 is 1. The highest BCUT2D eigenvalue weighted by Gasteiger charge is 2.40. The van der Waals surface area contributed by atoms with Gasteiger partial charge in [-0.1, -0.05) is 82.8 Å². The van der Waals surface area contributed by atoms with Gasteiger partial charge in [-0.3, -0.25) is 0 Å². The van der Waals surface area contributed by atoms with Gasteiger partial charge in [0.1, 0.15) is 5.75 Å². The number of benzene rings is 1. The molecule has 2 heteroatoms. The molecule has 2 rings (SSSR count). The van der Waals surface area contributed by atoms with E-state index < -0.39 is 8.80 Å². The van der Waals surface area contributed by atoms with Crippen LogP contribution < -0.4 is 9.92 Å². The standard InChI is InChI=1S/C24H37OSi/c1-10-24(11-2,18-14-12-13-15-18)20-21(25-7)19(23(4,5)6)16-17(3)22(20)26(8)9/h12,14-16H,10-11,13H2,1-9H3. The number of hydrogen-bond acceptors (Lipinski definition) is 1. The van der Waals surface area contributed by atoms with Gasteiger partial charge in [-0.05, 0) is 37.2 Å². The third-order valence-corrected chi connectivity index (χ3v) is 7.64. The number of hydrogen-bond donors (Lipinski definition) is 0. The van der Waals surface area contributed by atoms with Gasteiger partial charge in [-0.15, -0.1) is 0 Å². The molecule has 0 amide bonds. The second-order valence-electron chi connectivity index (χ2n) is 8.86. The van der Waals surface area contributed by atoms with Crippen LogP contribution in [0.4, 0.5) is 0 Å². The summed E-state index contributed by atoms with van der Waals surface area (Å²) in [6, 6.07) is 2.39. The van der Waals surface area contributed by atoms with Crippen molar-refractivity contribution in [1.82, 2.24) is 0 Å². The molecule has 1 radical (unpaired) electrons. The predicted molar refractivity (Wildman–Crippen MR) is 118 cm³/mol. The summed E-state index contributed by atoms with van der Waals surface area (Å²) in [5.41, 5.74) is 5.85. The van der Waals surface area contributed by atoms with Gasteiger partial charge in [-0.25, -0.2) is 0 Å². The highest BCUT2D eigenvalue weighted by atomic mass is 28.3. The maximum absolute atomic E-state index is 6.18. The summed E-state index contributed by atoms with van der Waals surface area (Å²) >= 11 is 0. The minimum absolute atomic E-state index is 0.0433. The fourth-order valence-electron chi connectivity index (χ4n) is 4.64. The first-order chi connectivity index (χ1) is 12.1. The first-order valence-corrected chi connectivity index (χ1v) is 12.5. The Bertz CT molecular complexity index is 713. The topological polar surface area (TPSA) is 9.23 Å². The van der Waals surface area contributed by atoms with Crippen molar-refractivity contribution in [1.29, 1.82) is 0 Å². The molecule has 0 unspecified atom stereocenters. The van der Waals surface area contributed by atoms with Crippen LogP contribution in [0.15, 0.2) is 29.9 Å². The summed E-state index contributed by atoms with van der Waals surface area (Å²) in [5, 5.41) is 1.57. The average molecular weight is 370 g/mol. The van der Waals surface area contributed by atoms with Crippen LogP contribution in [0.1, 0.15) is 70.6 Å². The molecule has 0 aliphatic heterocycles. The second-order valence-corrected chi connectivity index (χ2v) is 11.4. The van der Waals surface area contributed by atoms with Gasteiger partial charge in [0.15, 0.2) is 0 Å². The largest absolute Gasteiger partial charge is 0.496 e. The van der Waals surface area contributed by atoms with Crippen molar-refractivity contribution in [2.75, 3.05) is 7.11 Å². The Labute approximate surface area is 163 Å². The van der Waals surface area contributed by atoms with E-state index in [9.17, 15) is 0 Å². The minimum Gasteiger partial charge on any atom is -0.496 e. The SMILES string of the molecule is CCC(CC)(C1=CCC=C1)c1c(OC)c(C(C)(C)C)cc(C)c1[Si](C)C. The van der Waals surface area contributed by atoms with Gasteiger partial charge in [-0.2, -0.15) is 0 Å². The lowest BCUT2D eigenvalue weighted by Crippen LogP contribution is -2.41. The lowest BCUT2D eigenvalue weighted by atomic mass is 9.68. The number of aryl methyl sites for hydroxylation is 1. The maximum Gasteiger partial charge on any atom is 0.126 e. The molecule has 1 aromatic rings. The van der Waals surface area contributed by atoms with E-state index in [0.717, 1.165) is 25.0 Å². The van der Waals surface area contributed by atoms with Crippen LogP contribution in [0.25, 0.3) is 0 Å². The van der Waals surface area contributed by atoms with Gasteiger partial charge in [0, 0.05) is 16.5 Å². The summed E-state index contributed by atoms with van der Waals surface area (Å²) in [5.74, 6) is 1.13. The van der Waals surface area contributed by atoms with Crippen molar-refractivity contribution in [3.63, 3.8) is 0 Å². The second kappa shape index (κ2) is 7.76. The predicted octanol–water partition coefficient (Wildman–Crippen LogP) is 6.21.